The summed E-state index contributed by atoms with van der Waals surface area (Å²) in [6, 6.07) is 17.1. The minimum absolute atomic E-state index is 0. The minimum Gasteiger partial charge on any atom is -0.493 e. The Hall–Kier alpha value is -2.00. The van der Waals surface area contributed by atoms with Crippen LogP contribution in [-0.2, 0) is 6.42 Å². The molecule has 1 aliphatic heterocycles. The number of hydrogen-bond donors (Lipinski definition) is 1. The molecule has 0 aliphatic carbocycles. The Morgan fingerprint density at radius 2 is 1.84 bits per heavy atom. The topological polar surface area (TPSA) is 49.3 Å². The van der Waals surface area contributed by atoms with Crippen LogP contribution in [0.5, 0.6) is 11.5 Å². The minimum atomic E-state index is 0. The van der Waals surface area contributed by atoms with Crippen molar-refractivity contribution >= 4 is 29.9 Å². The van der Waals surface area contributed by atoms with Crippen molar-refractivity contribution in [2.45, 2.75) is 18.9 Å². The lowest BCUT2D eigenvalue weighted by atomic mass is 9.99. The zero-order valence-electron chi connectivity index (χ0n) is 19.9. The van der Waals surface area contributed by atoms with Crippen LogP contribution in [-0.4, -0.2) is 70.8 Å². The molecule has 1 saturated heterocycles. The van der Waals surface area contributed by atoms with Crippen LogP contribution in [0, 0.1) is 5.92 Å². The molecular weight excluding hydrogens is 515 g/mol. The van der Waals surface area contributed by atoms with E-state index in [0.717, 1.165) is 43.5 Å². The molecule has 32 heavy (non-hydrogen) atoms. The summed E-state index contributed by atoms with van der Waals surface area (Å²) in [5, 5.41) is 3.60. The number of likely N-dealkylation sites (tertiary alicyclic amines) is 1. The maximum absolute atomic E-state index is 5.50. The van der Waals surface area contributed by atoms with E-state index in [1.165, 1.54) is 17.5 Å². The van der Waals surface area contributed by atoms with Crippen molar-refractivity contribution in [1.82, 2.24) is 15.1 Å². The second kappa shape index (κ2) is 12.9. The van der Waals surface area contributed by atoms with Crippen LogP contribution in [0.1, 0.15) is 23.6 Å². The Labute approximate surface area is 210 Å². The van der Waals surface area contributed by atoms with E-state index in [-0.39, 0.29) is 30.0 Å². The van der Waals surface area contributed by atoms with Gasteiger partial charge in [-0.05, 0) is 56.1 Å². The van der Waals surface area contributed by atoms with Gasteiger partial charge in [0.2, 0.25) is 0 Å². The molecule has 1 fully saturated rings. The van der Waals surface area contributed by atoms with Crippen molar-refractivity contribution < 1.29 is 9.47 Å². The first-order valence-corrected chi connectivity index (χ1v) is 10.9. The molecule has 0 aromatic heterocycles. The average molecular weight is 553 g/mol. The monoisotopic (exact) mass is 552 g/mol. The molecule has 0 spiro atoms. The highest BCUT2D eigenvalue weighted by Crippen LogP contribution is 2.31. The van der Waals surface area contributed by atoms with Gasteiger partial charge in [0.05, 0.1) is 20.3 Å². The smallest absolute Gasteiger partial charge is 0.193 e. The maximum atomic E-state index is 5.50. The molecule has 0 saturated carbocycles. The van der Waals surface area contributed by atoms with Crippen molar-refractivity contribution in [1.29, 1.82) is 0 Å². The third kappa shape index (κ3) is 6.75. The molecule has 0 amide bonds. The zero-order chi connectivity index (χ0) is 22.2. The van der Waals surface area contributed by atoms with E-state index in [9.17, 15) is 0 Å². The molecule has 1 N–H and O–H groups in total. The molecule has 2 aromatic rings. The fourth-order valence-corrected chi connectivity index (χ4v) is 4.32. The second-order valence-corrected chi connectivity index (χ2v) is 8.31. The molecule has 2 aromatic carbocycles. The molecular formula is C25H37IN4O2. The number of nitrogens with one attached hydrogen (secondary N) is 1. The number of hydrogen-bond acceptors (Lipinski definition) is 4. The number of nitrogens with zero attached hydrogens (tertiary/aromatic N) is 3. The third-order valence-corrected chi connectivity index (χ3v) is 6.03. The number of benzene rings is 2. The number of aliphatic imine (C=N–C) groups is 1. The molecule has 176 valence electrons. The number of methoxy groups -OCH3 is 2. The van der Waals surface area contributed by atoms with Crippen LogP contribution in [0.15, 0.2) is 53.5 Å². The van der Waals surface area contributed by atoms with Gasteiger partial charge in [-0.15, -0.1) is 24.0 Å². The summed E-state index contributed by atoms with van der Waals surface area (Å²) in [5.74, 6) is 3.13. The first kappa shape index (κ1) is 26.3. The van der Waals surface area contributed by atoms with E-state index in [1.807, 2.05) is 13.1 Å². The number of rotatable bonds is 8. The molecule has 2 unspecified atom stereocenters. The average Bonchev–Trinajstić information content (AvgIpc) is 3.25. The first-order valence-electron chi connectivity index (χ1n) is 10.9. The number of guanidine groups is 1. The summed E-state index contributed by atoms with van der Waals surface area (Å²) in [6.07, 6.45) is 2.32. The van der Waals surface area contributed by atoms with Crippen LogP contribution in [0.2, 0.25) is 0 Å². The van der Waals surface area contributed by atoms with Gasteiger partial charge in [0, 0.05) is 26.7 Å². The van der Waals surface area contributed by atoms with Crippen molar-refractivity contribution in [3.63, 3.8) is 0 Å². The maximum Gasteiger partial charge on any atom is 0.193 e. The lowest BCUT2D eigenvalue weighted by Gasteiger charge is -2.29. The Morgan fingerprint density at radius 1 is 1.12 bits per heavy atom. The van der Waals surface area contributed by atoms with Gasteiger partial charge in [-0.2, -0.15) is 0 Å². The van der Waals surface area contributed by atoms with Crippen LogP contribution >= 0.6 is 24.0 Å². The highest BCUT2D eigenvalue weighted by molar-refractivity contribution is 14.0. The van der Waals surface area contributed by atoms with Gasteiger partial charge >= 0.3 is 0 Å². The highest BCUT2D eigenvalue weighted by atomic mass is 127. The second-order valence-electron chi connectivity index (χ2n) is 8.31. The third-order valence-electron chi connectivity index (χ3n) is 6.03. The Kier molecular flexibility index (Phi) is 10.6. The van der Waals surface area contributed by atoms with E-state index in [4.69, 9.17) is 9.47 Å². The van der Waals surface area contributed by atoms with E-state index in [0.29, 0.717) is 5.92 Å². The Balaban J connectivity index is 0.00000363. The van der Waals surface area contributed by atoms with Gasteiger partial charge in [0.25, 0.3) is 0 Å². The predicted molar refractivity (Wildman–Crippen MR) is 143 cm³/mol. The van der Waals surface area contributed by atoms with Gasteiger partial charge in [-0.1, -0.05) is 36.4 Å². The fraction of sp³-hybridized carbons (Fsp3) is 0.480. The Morgan fingerprint density at radius 3 is 2.47 bits per heavy atom. The lowest BCUT2D eigenvalue weighted by molar-refractivity contribution is 0.293. The molecule has 1 aliphatic rings. The summed E-state index contributed by atoms with van der Waals surface area (Å²) >= 11 is 0. The van der Waals surface area contributed by atoms with E-state index in [2.05, 4.69) is 76.7 Å². The normalized spacial score (nSPS) is 17.1. The molecule has 3 rings (SSSR count). The molecule has 2 atom stereocenters. The predicted octanol–water partition coefficient (Wildman–Crippen LogP) is 4.06. The standard InChI is InChI=1S/C25H36N4O2.HI/c1-26-25(29-14-13-20(18-29)15-19-9-7-6-8-10-19)27-17-22(28(2)3)21-11-12-23(30-4)24(16-21)31-5;/h6-12,16,20,22H,13-15,17-18H2,1-5H3,(H,26,27);1H. The fourth-order valence-electron chi connectivity index (χ4n) is 4.32. The van der Waals surface area contributed by atoms with Crippen molar-refractivity contribution in [2.24, 2.45) is 10.9 Å². The SMILES string of the molecule is CN=C(NCC(c1ccc(OC)c(OC)c1)N(C)C)N1CCC(Cc2ccccc2)C1.I. The summed E-state index contributed by atoms with van der Waals surface area (Å²) in [4.78, 5) is 9.16. The van der Waals surface area contributed by atoms with Gasteiger partial charge in [-0.3, -0.25) is 4.99 Å². The Bertz CT molecular complexity index is 860. The summed E-state index contributed by atoms with van der Waals surface area (Å²) in [5.41, 5.74) is 2.59. The quantitative estimate of drug-likeness (QED) is 0.304. The number of halogens is 1. The van der Waals surface area contributed by atoms with E-state index >= 15 is 0 Å². The van der Waals surface area contributed by atoms with E-state index in [1.54, 1.807) is 14.2 Å². The lowest BCUT2D eigenvalue weighted by Crippen LogP contribution is -2.43. The summed E-state index contributed by atoms with van der Waals surface area (Å²) < 4.78 is 10.9. The van der Waals surface area contributed by atoms with Crippen molar-refractivity contribution in [2.75, 3.05) is 55.0 Å². The van der Waals surface area contributed by atoms with Crippen molar-refractivity contribution in [3.05, 3.63) is 59.7 Å². The molecule has 6 nitrogen and oxygen atoms in total. The number of likely N-dealkylation sites (N-methyl/N-ethyl adjacent to an activating group) is 1. The van der Waals surface area contributed by atoms with Crippen LogP contribution in [0.3, 0.4) is 0 Å². The van der Waals surface area contributed by atoms with Gasteiger partial charge in [0.1, 0.15) is 0 Å². The largest absolute Gasteiger partial charge is 0.493 e. The van der Waals surface area contributed by atoms with Crippen LogP contribution in [0.25, 0.3) is 0 Å². The van der Waals surface area contributed by atoms with Gasteiger partial charge in [0.15, 0.2) is 17.5 Å². The summed E-state index contributed by atoms with van der Waals surface area (Å²) in [7, 11) is 9.39. The molecule has 0 bridgehead atoms. The van der Waals surface area contributed by atoms with Gasteiger partial charge < -0.3 is 24.6 Å². The molecule has 0 radical (unpaired) electrons. The van der Waals surface area contributed by atoms with Crippen LogP contribution < -0.4 is 14.8 Å². The summed E-state index contributed by atoms with van der Waals surface area (Å²) in [6.45, 7) is 2.84. The molecule has 7 heteroatoms. The van der Waals surface area contributed by atoms with Crippen LogP contribution in [0.4, 0.5) is 0 Å². The first-order chi connectivity index (χ1) is 15.0. The van der Waals surface area contributed by atoms with E-state index < -0.39 is 0 Å². The number of ether oxygens (including phenoxy) is 2. The van der Waals surface area contributed by atoms with Crippen molar-refractivity contribution in [3.8, 4) is 11.5 Å². The molecule has 1 heterocycles. The zero-order valence-corrected chi connectivity index (χ0v) is 22.2. The van der Waals surface area contributed by atoms with Gasteiger partial charge in [-0.25, -0.2) is 0 Å². The highest BCUT2D eigenvalue weighted by Gasteiger charge is 2.26.